The number of nitrogens with zero attached hydrogens (tertiary/aromatic N) is 5. The van der Waals surface area contributed by atoms with Gasteiger partial charge in [0.15, 0.2) is 5.65 Å². The van der Waals surface area contributed by atoms with Crippen molar-refractivity contribution in [3.63, 3.8) is 0 Å². The van der Waals surface area contributed by atoms with Crippen molar-refractivity contribution in [2.45, 2.75) is 4.90 Å². The fourth-order valence-corrected chi connectivity index (χ4v) is 3.93. The Labute approximate surface area is 182 Å². The predicted molar refractivity (Wildman–Crippen MR) is 117 cm³/mol. The smallest absolute Gasteiger partial charge is 0.238 e. The Morgan fingerprint density at radius 3 is 2.58 bits per heavy atom. The highest BCUT2D eigenvalue weighted by atomic mass is 35.5. The van der Waals surface area contributed by atoms with Crippen molar-refractivity contribution in [1.82, 2.24) is 24.1 Å². The molecular weight excluding hydrogens is 436 g/mol. The van der Waals surface area contributed by atoms with E-state index in [0.717, 1.165) is 16.8 Å². The quantitative estimate of drug-likeness (QED) is 0.450. The number of benzene rings is 2. The van der Waals surface area contributed by atoms with Crippen molar-refractivity contribution in [3.8, 4) is 28.2 Å². The molecule has 0 radical (unpaired) electrons. The third-order valence-electron chi connectivity index (χ3n) is 4.81. The summed E-state index contributed by atoms with van der Waals surface area (Å²) in [5.41, 5.74) is 4.39. The van der Waals surface area contributed by atoms with Gasteiger partial charge in [-0.2, -0.15) is 5.10 Å². The second kappa shape index (κ2) is 7.31. The molecular formula is C21H15ClN6O2S. The highest BCUT2D eigenvalue weighted by molar-refractivity contribution is 7.89. The molecule has 2 N–H and O–H groups in total. The van der Waals surface area contributed by atoms with E-state index in [1.165, 1.54) is 12.1 Å². The first-order valence-corrected chi connectivity index (χ1v) is 11.1. The average Bonchev–Trinajstić information content (AvgIpc) is 3.40. The number of aromatic nitrogens is 5. The summed E-state index contributed by atoms with van der Waals surface area (Å²) in [5.74, 6) is 0. The van der Waals surface area contributed by atoms with Crippen LogP contribution in [-0.4, -0.2) is 32.6 Å². The third kappa shape index (κ3) is 3.70. The van der Waals surface area contributed by atoms with Gasteiger partial charge in [0.25, 0.3) is 0 Å². The summed E-state index contributed by atoms with van der Waals surface area (Å²) < 4.78 is 26.7. The van der Waals surface area contributed by atoms with Crippen LogP contribution < -0.4 is 5.14 Å². The zero-order valence-electron chi connectivity index (χ0n) is 15.9. The van der Waals surface area contributed by atoms with Crippen LogP contribution in [0.2, 0.25) is 5.02 Å². The fraction of sp³-hybridized carbons (Fsp3) is 0. The van der Waals surface area contributed by atoms with E-state index in [0.29, 0.717) is 22.1 Å². The van der Waals surface area contributed by atoms with E-state index in [1.807, 2.05) is 36.5 Å². The van der Waals surface area contributed by atoms with E-state index in [2.05, 4.69) is 10.1 Å². The monoisotopic (exact) mass is 450 g/mol. The number of hydrogen-bond donors (Lipinski definition) is 1. The molecule has 10 heteroatoms. The van der Waals surface area contributed by atoms with Gasteiger partial charge in [-0.1, -0.05) is 29.8 Å². The summed E-state index contributed by atoms with van der Waals surface area (Å²) in [6.07, 6.45) is 6.92. The number of primary sulfonamides is 1. The van der Waals surface area contributed by atoms with Gasteiger partial charge < -0.3 is 4.57 Å². The highest BCUT2D eigenvalue weighted by Gasteiger charge is 2.14. The van der Waals surface area contributed by atoms with Crippen molar-refractivity contribution in [2.24, 2.45) is 5.14 Å². The summed E-state index contributed by atoms with van der Waals surface area (Å²) in [5, 5.41) is 10.3. The van der Waals surface area contributed by atoms with Gasteiger partial charge in [0.2, 0.25) is 10.0 Å². The Morgan fingerprint density at radius 2 is 1.81 bits per heavy atom. The Morgan fingerprint density at radius 1 is 1.00 bits per heavy atom. The number of imidazole rings is 1. The zero-order valence-corrected chi connectivity index (χ0v) is 17.5. The first kappa shape index (κ1) is 19.4. The standard InChI is InChI=1S/C21H15ClN6O2S/c22-15-6-4-14(5-7-15)19-8-9-28-21(26-19)18(11-25-28)20-12-27(13-24-20)16-2-1-3-17(10-16)31(23,29)30/h1-13H,(H2,23,29,30). The van der Waals surface area contributed by atoms with Gasteiger partial charge in [0, 0.05) is 28.7 Å². The molecule has 0 amide bonds. The first-order chi connectivity index (χ1) is 14.9. The van der Waals surface area contributed by atoms with E-state index < -0.39 is 10.0 Å². The van der Waals surface area contributed by atoms with Crippen LogP contribution in [-0.2, 0) is 10.0 Å². The van der Waals surface area contributed by atoms with Gasteiger partial charge in [-0.15, -0.1) is 0 Å². The van der Waals surface area contributed by atoms with Crippen molar-refractivity contribution in [2.75, 3.05) is 0 Å². The second-order valence-electron chi connectivity index (χ2n) is 6.85. The lowest BCUT2D eigenvalue weighted by atomic mass is 10.1. The number of halogens is 1. The lowest BCUT2D eigenvalue weighted by Gasteiger charge is -2.04. The van der Waals surface area contributed by atoms with Crippen LogP contribution in [0, 0.1) is 0 Å². The zero-order chi connectivity index (χ0) is 21.6. The molecule has 0 aliphatic rings. The van der Waals surface area contributed by atoms with Crippen LogP contribution in [0.1, 0.15) is 0 Å². The second-order valence-corrected chi connectivity index (χ2v) is 8.85. The van der Waals surface area contributed by atoms with E-state index in [-0.39, 0.29) is 4.90 Å². The van der Waals surface area contributed by atoms with Crippen LogP contribution in [0.4, 0.5) is 0 Å². The van der Waals surface area contributed by atoms with Gasteiger partial charge in [-0.25, -0.2) is 28.0 Å². The third-order valence-corrected chi connectivity index (χ3v) is 5.97. The van der Waals surface area contributed by atoms with Crippen molar-refractivity contribution in [1.29, 1.82) is 0 Å². The van der Waals surface area contributed by atoms with Crippen LogP contribution in [0.5, 0.6) is 0 Å². The number of sulfonamides is 1. The average molecular weight is 451 g/mol. The highest BCUT2D eigenvalue weighted by Crippen LogP contribution is 2.26. The Kier molecular flexibility index (Phi) is 4.58. The van der Waals surface area contributed by atoms with Crippen LogP contribution in [0.25, 0.3) is 33.8 Å². The normalized spacial score (nSPS) is 11.8. The maximum atomic E-state index is 11.6. The Hall–Kier alpha value is -3.53. The van der Waals surface area contributed by atoms with E-state index in [9.17, 15) is 8.42 Å². The maximum absolute atomic E-state index is 11.6. The minimum atomic E-state index is -3.80. The first-order valence-electron chi connectivity index (χ1n) is 9.16. The summed E-state index contributed by atoms with van der Waals surface area (Å²) in [6.45, 7) is 0. The number of rotatable bonds is 4. The van der Waals surface area contributed by atoms with Gasteiger partial charge in [0.05, 0.1) is 34.4 Å². The molecule has 0 saturated heterocycles. The largest absolute Gasteiger partial charge is 0.306 e. The summed E-state index contributed by atoms with van der Waals surface area (Å²) in [4.78, 5) is 9.25. The minimum absolute atomic E-state index is 0.0329. The molecule has 3 heterocycles. The van der Waals surface area contributed by atoms with Crippen molar-refractivity contribution >= 4 is 27.3 Å². The molecule has 0 unspecified atom stereocenters. The van der Waals surface area contributed by atoms with Gasteiger partial charge in [-0.3, -0.25) is 0 Å². The van der Waals surface area contributed by atoms with Crippen molar-refractivity contribution < 1.29 is 8.42 Å². The topological polar surface area (TPSA) is 108 Å². The van der Waals surface area contributed by atoms with E-state index in [4.69, 9.17) is 21.7 Å². The lowest BCUT2D eigenvalue weighted by molar-refractivity contribution is 0.597. The van der Waals surface area contributed by atoms with Gasteiger partial charge >= 0.3 is 0 Å². The molecule has 8 nitrogen and oxygen atoms in total. The molecule has 3 aromatic heterocycles. The fourth-order valence-electron chi connectivity index (χ4n) is 3.26. The molecule has 154 valence electrons. The Balaban J connectivity index is 1.56. The molecule has 5 aromatic rings. The van der Waals surface area contributed by atoms with Crippen LogP contribution in [0.15, 0.2) is 84.4 Å². The number of nitrogens with two attached hydrogens (primary N) is 1. The SMILES string of the molecule is NS(=O)(=O)c1cccc(-n2cnc(-c3cnn4ccc(-c5ccc(Cl)cc5)nc34)c2)c1. The molecule has 0 saturated carbocycles. The summed E-state index contributed by atoms with van der Waals surface area (Å²) in [7, 11) is -3.80. The summed E-state index contributed by atoms with van der Waals surface area (Å²) in [6, 6.07) is 15.7. The van der Waals surface area contributed by atoms with E-state index in [1.54, 1.807) is 39.9 Å². The molecule has 0 aliphatic carbocycles. The van der Waals surface area contributed by atoms with Crippen LogP contribution in [0.3, 0.4) is 0 Å². The molecule has 0 atom stereocenters. The molecule has 0 fully saturated rings. The molecule has 0 bridgehead atoms. The number of hydrogen-bond acceptors (Lipinski definition) is 5. The minimum Gasteiger partial charge on any atom is -0.306 e. The summed E-state index contributed by atoms with van der Waals surface area (Å²) >= 11 is 5.98. The predicted octanol–water partition coefficient (Wildman–Crippen LogP) is 3.55. The molecule has 0 aliphatic heterocycles. The van der Waals surface area contributed by atoms with Gasteiger partial charge in [-0.05, 0) is 36.4 Å². The molecule has 0 spiro atoms. The van der Waals surface area contributed by atoms with Crippen molar-refractivity contribution in [3.05, 3.63) is 84.5 Å². The van der Waals surface area contributed by atoms with Gasteiger partial charge in [0.1, 0.15) is 0 Å². The Bertz CT molecular complexity index is 1520. The van der Waals surface area contributed by atoms with E-state index >= 15 is 0 Å². The molecule has 2 aromatic carbocycles. The maximum Gasteiger partial charge on any atom is 0.238 e. The van der Waals surface area contributed by atoms with Crippen LogP contribution >= 0.6 is 11.6 Å². The molecule has 5 rings (SSSR count). The lowest BCUT2D eigenvalue weighted by Crippen LogP contribution is -2.12. The molecule has 31 heavy (non-hydrogen) atoms. The number of fused-ring (bicyclic) bond motifs is 1.